The summed E-state index contributed by atoms with van der Waals surface area (Å²) >= 11 is 5.86. The van der Waals surface area contributed by atoms with Gasteiger partial charge in [0.05, 0.1) is 12.4 Å². The Bertz CT molecular complexity index is 1010. The first-order chi connectivity index (χ1) is 12.5. The molecular weight excluding hydrogens is 360 g/mol. The summed E-state index contributed by atoms with van der Waals surface area (Å²) in [6, 6.07) is 10.5. The zero-order chi connectivity index (χ0) is 18.7. The average Bonchev–Trinajstić information content (AvgIpc) is 3.18. The predicted molar refractivity (Wildman–Crippen MR) is 96.8 cm³/mol. The lowest BCUT2D eigenvalue weighted by molar-refractivity contribution is 0.0892. The fourth-order valence-electron chi connectivity index (χ4n) is 2.29. The van der Waals surface area contributed by atoms with Crippen LogP contribution in [0.2, 0.25) is 5.02 Å². The van der Waals surface area contributed by atoms with Crippen LogP contribution in [0.25, 0.3) is 11.3 Å². The van der Waals surface area contributed by atoms with Crippen molar-refractivity contribution >= 4 is 23.7 Å². The number of carbonyl (C=O) groups is 1. The van der Waals surface area contributed by atoms with Crippen LogP contribution in [0.4, 0.5) is 0 Å². The number of halogens is 1. The van der Waals surface area contributed by atoms with Crippen LogP contribution in [0.5, 0.6) is 5.88 Å². The summed E-state index contributed by atoms with van der Waals surface area (Å²) in [6.45, 7) is 0.0685. The number of nitrogens with zero attached hydrogens (tertiary/aromatic N) is 3. The summed E-state index contributed by atoms with van der Waals surface area (Å²) in [5.41, 5.74) is 5.34. The van der Waals surface area contributed by atoms with Crippen molar-refractivity contribution < 1.29 is 14.3 Å². The van der Waals surface area contributed by atoms with Crippen LogP contribution >= 0.6 is 11.6 Å². The van der Waals surface area contributed by atoms with Crippen molar-refractivity contribution in [2.75, 3.05) is 6.54 Å². The third-order valence-corrected chi connectivity index (χ3v) is 3.78. The fraction of sp³-hybridized carbons (Fsp3) is 0.118. The van der Waals surface area contributed by atoms with Gasteiger partial charge >= 0.3 is 5.69 Å². The second kappa shape index (κ2) is 7.42. The number of aromatic hydroxyl groups is 1. The number of nitrogens with two attached hydrogens (primary N) is 1. The molecule has 8 nitrogen and oxygen atoms in total. The molecule has 0 saturated carbocycles. The first-order valence-corrected chi connectivity index (χ1v) is 8.04. The molecular formula is C17H15ClN4O4. The van der Waals surface area contributed by atoms with Gasteiger partial charge in [0.15, 0.2) is 0 Å². The lowest BCUT2D eigenvalue weighted by Crippen LogP contribution is -2.28. The van der Waals surface area contributed by atoms with E-state index in [1.165, 1.54) is 6.21 Å². The Hall–Kier alpha value is -3.10. The summed E-state index contributed by atoms with van der Waals surface area (Å²) in [7, 11) is 0. The Balaban J connectivity index is 1.83. The first kappa shape index (κ1) is 17.7. The number of rotatable bonds is 5. The number of imidazole rings is 1. The van der Waals surface area contributed by atoms with Gasteiger partial charge in [0, 0.05) is 23.6 Å². The van der Waals surface area contributed by atoms with Crippen LogP contribution in [0.15, 0.2) is 56.9 Å². The van der Waals surface area contributed by atoms with Crippen LogP contribution in [-0.4, -0.2) is 33.0 Å². The molecule has 0 saturated heterocycles. The van der Waals surface area contributed by atoms with Gasteiger partial charge in [0.1, 0.15) is 11.5 Å². The van der Waals surface area contributed by atoms with E-state index in [0.29, 0.717) is 21.1 Å². The molecule has 0 spiro atoms. The Labute approximate surface area is 152 Å². The SMILES string of the molecule is NCCC(=O)n1c(O)cn(N=Cc2ccc(-c3ccc(Cl)cc3)o2)c1=O. The second-order valence-corrected chi connectivity index (χ2v) is 5.77. The minimum absolute atomic E-state index is 0.0656. The monoisotopic (exact) mass is 374 g/mol. The van der Waals surface area contributed by atoms with Crippen LogP contribution in [0.1, 0.15) is 17.0 Å². The molecule has 0 fully saturated rings. The second-order valence-electron chi connectivity index (χ2n) is 5.34. The van der Waals surface area contributed by atoms with E-state index in [0.717, 1.165) is 16.4 Å². The van der Waals surface area contributed by atoms with Gasteiger partial charge in [0.2, 0.25) is 11.8 Å². The molecule has 9 heteroatoms. The normalized spacial score (nSPS) is 11.3. The van der Waals surface area contributed by atoms with E-state index in [4.69, 9.17) is 21.8 Å². The first-order valence-electron chi connectivity index (χ1n) is 7.66. The number of furan rings is 1. The van der Waals surface area contributed by atoms with Gasteiger partial charge in [-0.1, -0.05) is 11.6 Å². The summed E-state index contributed by atoms with van der Waals surface area (Å²) in [6.07, 6.45) is 2.28. The van der Waals surface area contributed by atoms with Gasteiger partial charge in [-0.3, -0.25) is 4.79 Å². The molecule has 0 aliphatic heterocycles. The highest BCUT2D eigenvalue weighted by Crippen LogP contribution is 2.23. The third kappa shape index (κ3) is 3.61. The topological polar surface area (TPSA) is 116 Å². The van der Waals surface area contributed by atoms with Crippen molar-refractivity contribution in [3.63, 3.8) is 0 Å². The predicted octanol–water partition coefficient (Wildman–Crippen LogP) is 2.14. The molecule has 2 aromatic heterocycles. The highest BCUT2D eigenvalue weighted by Gasteiger charge is 2.16. The van der Waals surface area contributed by atoms with E-state index in [1.54, 1.807) is 24.3 Å². The van der Waals surface area contributed by atoms with E-state index in [-0.39, 0.29) is 13.0 Å². The minimum atomic E-state index is -0.790. The van der Waals surface area contributed by atoms with Crippen molar-refractivity contribution in [2.24, 2.45) is 10.8 Å². The van der Waals surface area contributed by atoms with Gasteiger partial charge in [-0.2, -0.15) is 14.3 Å². The van der Waals surface area contributed by atoms with E-state index in [1.807, 2.05) is 12.1 Å². The molecule has 26 heavy (non-hydrogen) atoms. The van der Waals surface area contributed by atoms with E-state index >= 15 is 0 Å². The molecule has 0 unspecified atom stereocenters. The molecule has 3 rings (SSSR count). The molecule has 0 aliphatic rings. The molecule has 0 aliphatic carbocycles. The maximum Gasteiger partial charge on any atom is 0.358 e. The number of benzene rings is 1. The van der Waals surface area contributed by atoms with Crippen molar-refractivity contribution in [3.05, 3.63) is 63.9 Å². The van der Waals surface area contributed by atoms with E-state index in [9.17, 15) is 14.7 Å². The van der Waals surface area contributed by atoms with Gasteiger partial charge in [-0.15, -0.1) is 0 Å². The number of carbonyl (C=O) groups excluding carboxylic acids is 1. The maximum absolute atomic E-state index is 12.1. The molecule has 0 amide bonds. The Morgan fingerprint density at radius 3 is 2.69 bits per heavy atom. The van der Waals surface area contributed by atoms with Crippen LogP contribution in [-0.2, 0) is 0 Å². The van der Waals surface area contributed by atoms with Gasteiger partial charge in [-0.25, -0.2) is 4.79 Å². The molecule has 2 heterocycles. The third-order valence-electron chi connectivity index (χ3n) is 3.53. The molecule has 3 aromatic rings. The summed E-state index contributed by atoms with van der Waals surface area (Å²) in [5.74, 6) is -0.116. The molecule has 0 bridgehead atoms. The number of hydrogen-bond donors (Lipinski definition) is 2. The van der Waals surface area contributed by atoms with Gasteiger partial charge < -0.3 is 15.3 Å². The Morgan fingerprint density at radius 2 is 2.00 bits per heavy atom. The molecule has 0 atom stereocenters. The van der Waals surface area contributed by atoms with Crippen molar-refractivity contribution in [2.45, 2.75) is 6.42 Å². The lowest BCUT2D eigenvalue weighted by atomic mass is 10.2. The van der Waals surface area contributed by atoms with Gasteiger partial charge in [-0.05, 0) is 36.4 Å². The largest absolute Gasteiger partial charge is 0.493 e. The molecule has 1 aromatic carbocycles. The minimum Gasteiger partial charge on any atom is -0.493 e. The Morgan fingerprint density at radius 1 is 1.27 bits per heavy atom. The number of hydrogen-bond acceptors (Lipinski definition) is 6. The summed E-state index contributed by atoms with van der Waals surface area (Å²) in [4.78, 5) is 23.9. The van der Waals surface area contributed by atoms with E-state index < -0.39 is 17.5 Å². The molecule has 3 N–H and O–H groups in total. The smallest absolute Gasteiger partial charge is 0.358 e. The fourth-order valence-corrected chi connectivity index (χ4v) is 2.41. The zero-order valence-corrected chi connectivity index (χ0v) is 14.3. The van der Waals surface area contributed by atoms with E-state index in [2.05, 4.69) is 5.10 Å². The van der Waals surface area contributed by atoms with Crippen molar-refractivity contribution in [1.82, 2.24) is 9.24 Å². The number of aromatic nitrogens is 2. The van der Waals surface area contributed by atoms with Gasteiger partial charge in [0.25, 0.3) is 0 Å². The quantitative estimate of drug-likeness (QED) is 0.664. The Kier molecular flexibility index (Phi) is 5.06. The van der Waals surface area contributed by atoms with Crippen LogP contribution in [0.3, 0.4) is 0 Å². The van der Waals surface area contributed by atoms with Crippen molar-refractivity contribution in [1.29, 1.82) is 0 Å². The van der Waals surface area contributed by atoms with Crippen LogP contribution < -0.4 is 11.4 Å². The molecule has 134 valence electrons. The molecule has 0 radical (unpaired) electrons. The maximum atomic E-state index is 12.1. The zero-order valence-electron chi connectivity index (χ0n) is 13.5. The summed E-state index contributed by atoms with van der Waals surface area (Å²) in [5, 5.41) is 14.3. The average molecular weight is 375 g/mol. The standard InChI is InChI=1S/C17H15ClN4O4/c18-12-3-1-11(2-4-12)14-6-5-13(26-14)9-20-21-10-16(24)22(17(21)25)15(23)7-8-19/h1-6,9-10,24H,7-8,19H2. The lowest BCUT2D eigenvalue weighted by Gasteiger charge is -1.98. The highest BCUT2D eigenvalue weighted by molar-refractivity contribution is 6.30. The highest BCUT2D eigenvalue weighted by atomic mass is 35.5. The van der Waals surface area contributed by atoms with Crippen molar-refractivity contribution in [3.8, 4) is 17.2 Å². The summed E-state index contributed by atoms with van der Waals surface area (Å²) < 4.78 is 7.09. The van der Waals surface area contributed by atoms with Crippen LogP contribution in [0, 0.1) is 0 Å².